The largest absolute Gasteiger partial charge is 0.359 e. The van der Waals surface area contributed by atoms with Crippen molar-refractivity contribution >= 4 is 11.8 Å². The molecule has 2 fully saturated rings. The van der Waals surface area contributed by atoms with Crippen LogP contribution in [0.1, 0.15) is 46.0 Å². The Morgan fingerprint density at radius 2 is 1.77 bits per heavy atom. The molecule has 0 spiro atoms. The molecule has 22 heavy (non-hydrogen) atoms. The van der Waals surface area contributed by atoms with Crippen LogP contribution in [0.15, 0.2) is 0 Å². The number of hydrogen-bond acceptors (Lipinski definition) is 3. The number of rotatable bonds is 4. The number of carbonyl (C=O) groups is 2. The number of carbonyl (C=O) groups excluding carboxylic acids is 2. The van der Waals surface area contributed by atoms with Gasteiger partial charge in [0.05, 0.1) is 6.54 Å². The second-order valence-electron chi connectivity index (χ2n) is 7.11. The van der Waals surface area contributed by atoms with Crippen LogP contribution in [-0.4, -0.2) is 49.4 Å². The summed E-state index contributed by atoms with van der Waals surface area (Å²) >= 11 is 0. The molecule has 3 unspecified atom stereocenters. The zero-order valence-electron chi connectivity index (χ0n) is 14.2. The Morgan fingerprint density at radius 1 is 1.09 bits per heavy atom. The summed E-state index contributed by atoms with van der Waals surface area (Å²) in [4.78, 5) is 26.1. The molecule has 1 saturated carbocycles. The summed E-state index contributed by atoms with van der Waals surface area (Å²) in [6.45, 7) is 6.68. The molecule has 1 heterocycles. The van der Waals surface area contributed by atoms with Crippen molar-refractivity contribution in [2.45, 2.75) is 52.0 Å². The maximum absolute atomic E-state index is 12.3. The van der Waals surface area contributed by atoms with E-state index in [2.05, 4.69) is 29.4 Å². The van der Waals surface area contributed by atoms with E-state index >= 15 is 0 Å². The Balaban J connectivity index is 1.73. The highest BCUT2D eigenvalue weighted by Crippen LogP contribution is 2.29. The molecule has 0 aromatic rings. The zero-order chi connectivity index (χ0) is 16.1. The predicted octanol–water partition coefficient (Wildman–Crippen LogP) is 1.39. The van der Waals surface area contributed by atoms with Crippen molar-refractivity contribution < 1.29 is 9.59 Å². The highest BCUT2D eigenvalue weighted by Gasteiger charge is 2.29. The molecule has 1 aliphatic carbocycles. The van der Waals surface area contributed by atoms with Crippen LogP contribution in [0.3, 0.4) is 0 Å². The second kappa shape index (κ2) is 7.95. The number of hydrogen-bond donors (Lipinski definition) is 2. The van der Waals surface area contributed by atoms with Gasteiger partial charge in [0, 0.05) is 19.0 Å². The Kier molecular flexibility index (Phi) is 6.24. The molecule has 1 saturated heterocycles. The zero-order valence-corrected chi connectivity index (χ0v) is 14.2. The van der Waals surface area contributed by atoms with E-state index in [4.69, 9.17) is 0 Å². The molecule has 2 N–H and O–H groups in total. The molecule has 0 radical (unpaired) electrons. The Bertz CT molecular complexity index is 391. The molecular weight excluding hydrogens is 278 g/mol. The molecule has 0 aromatic carbocycles. The predicted molar refractivity (Wildman–Crippen MR) is 87.3 cm³/mol. The van der Waals surface area contributed by atoms with Crippen LogP contribution in [-0.2, 0) is 9.59 Å². The van der Waals surface area contributed by atoms with Crippen molar-refractivity contribution in [3.05, 3.63) is 0 Å². The summed E-state index contributed by atoms with van der Waals surface area (Å²) in [6.07, 6.45) is 5.30. The van der Waals surface area contributed by atoms with Crippen LogP contribution in [0.25, 0.3) is 0 Å². The summed E-state index contributed by atoms with van der Waals surface area (Å²) in [5.41, 5.74) is 0. The van der Waals surface area contributed by atoms with E-state index in [0.29, 0.717) is 24.4 Å². The fourth-order valence-electron chi connectivity index (χ4n) is 3.80. The molecule has 126 valence electrons. The SMILES string of the molecule is CNC(=O)C1CCN(CC(=O)NC2CCCC(C)C2C)CC1. The van der Waals surface area contributed by atoms with Crippen molar-refractivity contribution in [3.63, 3.8) is 0 Å². The van der Waals surface area contributed by atoms with E-state index < -0.39 is 0 Å². The van der Waals surface area contributed by atoms with Gasteiger partial charge in [0.2, 0.25) is 11.8 Å². The average Bonchev–Trinajstić information content (AvgIpc) is 2.52. The van der Waals surface area contributed by atoms with Crippen molar-refractivity contribution in [1.29, 1.82) is 0 Å². The first-order chi connectivity index (χ1) is 10.5. The fraction of sp³-hybridized carbons (Fsp3) is 0.882. The Labute approximate surface area is 134 Å². The maximum atomic E-state index is 12.3. The standard InChI is InChI=1S/C17H31N3O2/c1-12-5-4-6-15(13(12)2)19-16(21)11-20-9-7-14(8-10-20)17(22)18-3/h12-15H,4-11H2,1-3H3,(H,18,22)(H,19,21). The number of likely N-dealkylation sites (tertiary alicyclic amines) is 1. The van der Waals surface area contributed by atoms with E-state index in [1.165, 1.54) is 12.8 Å². The first kappa shape index (κ1) is 17.3. The fourth-order valence-corrected chi connectivity index (χ4v) is 3.80. The Hall–Kier alpha value is -1.10. The minimum absolute atomic E-state index is 0.114. The van der Waals surface area contributed by atoms with Crippen LogP contribution >= 0.6 is 0 Å². The van der Waals surface area contributed by atoms with Gasteiger partial charge >= 0.3 is 0 Å². The van der Waals surface area contributed by atoms with Gasteiger partial charge in [0.1, 0.15) is 0 Å². The lowest BCUT2D eigenvalue weighted by molar-refractivity contribution is -0.126. The molecule has 3 atom stereocenters. The van der Waals surface area contributed by atoms with Crippen LogP contribution in [0.5, 0.6) is 0 Å². The van der Waals surface area contributed by atoms with Gasteiger partial charge in [0.25, 0.3) is 0 Å². The lowest BCUT2D eigenvalue weighted by atomic mass is 9.78. The smallest absolute Gasteiger partial charge is 0.234 e. The molecule has 2 aliphatic rings. The highest BCUT2D eigenvalue weighted by molar-refractivity contribution is 5.79. The third kappa shape index (κ3) is 4.45. The minimum atomic E-state index is 0.114. The van der Waals surface area contributed by atoms with Crippen LogP contribution < -0.4 is 10.6 Å². The topological polar surface area (TPSA) is 61.4 Å². The lowest BCUT2D eigenvalue weighted by Crippen LogP contribution is -2.49. The summed E-state index contributed by atoms with van der Waals surface area (Å²) in [6, 6.07) is 0.333. The summed E-state index contributed by atoms with van der Waals surface area (Å²) in [7, 11) is 1.69. The summed E-state index contributed by atoms with van der Waals surface area (Å²) < 4.78 is 0. The lowest BCUT2D eigenvalue weighted by Gasteiger charge is -2.36. The molecule has 1 aliphatic heterocycles. The monoisotopic (exact) mass is 309 g/mol. The molecule has 0 aromatic heterocycles. The molecule has 2 amide bonds. The average molecular weight is 309 g/mol. The van der Waals surface area contributed by atoms with Gasteiger partial charge in [0.15, 0.2) is 0 Å². The third-order valence-electron chi connectivity index (χ3n) is 5.63. The summed E-state index contributed by atoms with van der Waals surface area (Å²) in [5, 5.41) is 5.95. The molecule has 2 rings (SSSR count). The molecule has 5 nitrogen and oxygen atoms in total. The van der Waals surface area contributed by atoms with E-state index in [0.717, 1.165) is 32.4 Å². The third-order valence-corrected chi connectivity index (χ3v) is 5.63. The van der Waals surface area contributed by atoms with Gasteiger partial charge in [-0.25, -0.2) is 0 Å². The van der Waals surface area contributed by atoms with Crippen molar-refractivity contribution in [3.8, 4) is 0 Å². The second-order valence-corrected chi connectivity index (χ2v) is 7.11. The highest BCUT2D eigenvalue weighted by atomic mass is 16.2. The molecule has 0 bridgehead atoms. The van der Waals surface area contributed by atoms with E-state index in [1.807, 2.05) is 0 Å². The Morgan fingerprint density at radius 3 is 2.41 bits per heavy atom. The number of piperidine rings is 1. The first-order valence-corrected chi connectivity index (χ1v) is 8.74. The normalized spacial score (nSPS) is 30.8. The van der Waals surface area contributed by atoms with Crippen LogP contribution in [0.2, 0.25) is 0 Å². The molecule has 5 heteroatoms. The van der Waals surface area contributed by atoms with Gasteiger partial charge in [-0.05, 0) is 44.2 Å². The number of amides is 2. The van der Waals surface area contributed by atoms with Crippen molar-refractivity contribution in [2.75, 3.05) is 26.7 Å². The van der Waals surface area contributed by atoms with Gasteiger partial charge in [-0.3, -0.25) is 14.5 Å². The minimum Gasteiger partial charge on any atom is -0.359 e. The quantitative estimate of drug-likeness (QED) is 0.825. The molecular formula is C17H31N3O2. The van der Waals surface area contributed by atoms with E-state index in [9.17, 15) is 9.59 Å². The van der Waals surface area contributed by atoms with Gasteiger partial charge < -0.3 is 10.6 Å². The van der Waals surface area contributed by atoms with Crippen molar-refractivity contribution in [1.82, 2.24) is 15.5 Å². The van der Waals surface area contributed by atoms with Crippen LogP contribution in [0, 0.1) is 17.8 Å². The van der Waals surface area contributed by atoms with Crippen LogP contribution in [0.4, 0.5) is 0 Å². The maximum Gasteiger partial charge on any atom is 0.234 e. The van der Waals surface area contributed by atoms with Gasteiger partial charge in [-0.2, -0.15) is 0 Å². The van der Waals surface area contributed by atoms with Gasteiger partial charge in [-0.15, -0.1) is 0 Å². The van der Waals surface area contributed by atoms with E-state index in [-0.39, 0.29) is 17.7 Å². The number of nitrogens with zero attached hydrogens (tertiary/aromatic N) is 1. The summed E-state index contributed by atoms with van der Waals surface area (Å²) in [5.74, 6) is 1.65. The van der Waals surface area contributed by atoms with Gasteiger partial charge in [-0.1, -0.05) is 26.7 Å². The van der Waals surface area contributed by atoms with Crippen molar-refractivity contribution in [2.24, 2.45) is 17.8 Å². The van der Waals surface area contributed by atoms with E-state index in [1.54, 1.807) is 7.05 Å². The first-order valence-electron chi connectivity index (χ1n) is 8.74. The number of nitrogens with one attached hydrogen (secondary N) is 2.